The standard InChI is InChI=1S/C27H35FN5O7P/c1-16(2)38-25(35)17(3)32-41(36,40-19-8-6-5-7-9-19)37-14-21-23(34)27(4,28)26(39-21)33-15-30-22-20(31-18-10-11-18)12-13-29-24(22)33/h5-9,12-13,15-18,21,23,26,34H,10-11,14H2,1-4H3,(H,29,31)(H,32,36)/t17-,21-,23-,26-,27-,41?/m1/s1. The molecule has 1 saturated heterocycles. The molecule has 14 heteroatoms. The Morgan fingerprint density at radius 2 is 1.98 bits per heavy atom. The topological polar surface area (TPSA) is 146 Å². The Morgan fingerprint density at radius 1 is 1.24 bits per heavy atom. The van der Waals surface area contributed by atoms with E-state index in [2.05, 4.69) is 20.4 Å². The van der Waals surface area contributed by atoms with Gasteiger partial charge in [-0.2, -0.15) is 5.09 Å². The first-order chi connectivity index (χ1) is 19.5. The molecule has 1 unspecified atom stereocenters. The highest BCUT2D eigenvalue weighted by Crippen LogP contribution is 2.48. The van der Waals surface area contributed by atoms with Crippen LogP contribution in [0.1, 0.15) is 46.8 Å². The lowest BCUT2D eigenvalue weighted by Gasteiger charge is -2.25. The molecule has 6 atom stereocenters. The number of anilines is 1. The van der Waals surface area contributed by atoms with Gasteiger partial charge in [0.15, 0.2) is 17.5 Å². The number of halogens is 1. The van der Waals surface area contributed by atoms with E-state index in [0.717, 1.165) is 18.5 Å². The number of carbonyl (C=O) groups is 1. The minimum atomic E-state index is -4.25. The lowest BCUT2D eigenvalue weighted by molar-refractivity contribution is -0.149. The smallest absolute Gasteiger partial charge is 0.459 e. The Morgan fingerprint density at radius 3 is 2.66 bits per heavy atom. The molecule has 222 valence electrons. The van der Waals surface area contributed by atoms with Gasteiger partial charge < -0.3 is 24.4 Å². The molecule has 3 heterocycles. The largest absolute Gasteiger partial charge is 0.462 e. The highest BCUT2D eigenvalue weighted by molar-refractivity contribution is 7.52. The predicted octanol–water partition coefficient (Wildman–Crippen LogP) is 4.13. The number of ether oxygens (including phenoxy) is 2. The van der Waals surface area contributed by atoms with Gasteiger partial charge in [-0.05, 0) is 58.7 Å². The number of alkyl halides is 1. The van der Waals surface area contributed by atoms with Crippen molar-refractivity contribution < 1.29 is 37.4 Å². The lowest BCUT2D eigenvalue weighted by Crippen LogP contribution is -2.41. The first kappa shape index (κ1) is 29.4. The fourth-order valence-electron chi connectivity index (χ4n) is 4.53. The van der Waals surface area contributed by atoms with Crippen molar-refractivity contribution in [3.63, 3.8) is 0 Å². The fraction of sp³-hybridized carbons (Fsp3) is 0.519. The maximum Gasteiger partial charge on any atom is 0.459 e. The summed E-state index contributed by atoms with van der Waals surface area (Å²) in [5.41, 5.74) is -0.559. The van der Waals surface area contributed by atoms with E-state index in [-0.39, 0.29) is 5.75 Å². The molecule has 3 N–H and O–H groups in total. The van der Waals surface area contributed by atoms with Crippen molar-refractivity contribution in [2.24, 2.45) is 0 Å². The van der Waals surface area contributed by atoms with Gasteiger partial charge in [-0.3, -0.25) is 13.9 Å². The van der Waals surface area contributed by atoms with Crippen molar-refractivity contribution in [2.75, 3.05) is 11.9 Å². The summed E-state index contributed by atoms with van der Waals surface area (Å²) < 4.78 is 53.7. The number of aromatic nitrogens is 3. The molecule has 1 saturated carbocycles. The van der Waals surface area contributed by atoms with Crippen LogP contribution in [0.4, 0.5) is 10.1 Å². The van der Waals surface area contributed by atoms with Crippen LogP contribution >= 0.6 is 7.75 Å². The Bertz CT molecular complexity index is 1420. The van der Waals surface area contributed by atoms with Crippen LogP contribution in [0.5, 0.6) is 5.75 Å². The second kappa shape index (κ2) is 11.7. The zero-order valence-corrected chi connectivity index (χ0v) is 24.2. The van der Waals surface area contributed by atoms with Crippen LogP contribution in [0.25, 0.3) is 11.2 Å². The Labute approximate surface area is 237 Å². The number of hydrogen-bond donors (Lipinski definition) is 3. The highest BCUT2D eigenvalue weighted by Gasteiger charge is 2.56. The number of hydrogen-bond acceptors (Lipinski definition) is 10. The minimum absolute atomic E-state index is 0.209. The van der Waals surface area contributed by atoms with Gasteiger partial charge in [0.2, 0.25) is 0 Å². The van der Waals surface area contributed by atoms with E-state index >= 15 is 4.39 Å². The number of pyridine rings is 1. The third-order valence-electron chi connectivity index (χ3n) is 6.80. The molecular formula is C27H35FN5O7P. The first-order valence-corrected chi connectivity index (χ1v) is 15.1. The van der Waals surface area contributed by atoms with Crippen LogP contribution in [0.2, 0.25) is 0 Å². The zero-order valence-electron chi connectivity index (χ0n) is 23.3. The quantitative estimate of drug-likeness (QED) is 0.206. The van der Waals surface area contributed by atoms with Gasteiger partial charge >= 0.3 is 13.7 Å². The molecule has 0 amide bonds. The Hall–Kier alpha value is -3.09. The third-order valence-corrected chi connectivity index (χ3v) is 8.45. The molecule has 12 nitrogen and oxygen atoms in total. The number of aliphatic hydroxyl groups is 1. The van der Waals surface area contributed by atoms with Gasteiger partial charge in [0, 0.05) is 12.2 Å². The summed E-state index contributed by atoms with van der Waals surface area (Å²) in [5, 5.41) is 16.9. The summed E-state index contributed by atoms with van der Waals surface area (Å²) in [6, 6.07) is 9.34. The van der Waals surface area contributed by atoms with E-state index in [1.54, 1.807) is 50.4 Å². The molecular weight excluding hydrogens is 556 g/mol. The molecule has 2 aliphatic rings. The van der Waals surface area contributed by atoms with E-state index in [4.69, 9.17) is 18.5 Å². The predicted molar refractivity (Wildman–Crippen MR) is 148 cm³/mol. The lowest BCUT2D eigenvalue weighted by atomic mass is 9.98. The van der Waals surface area contributed by atoms with Crippen molar-refractivity contribution in [2.45, 2.75) is 82.8 Å². The Balaban J connectivity index is 1.34. The number of imidazole rings is 1. The molecule has 0 spiro atoms. The van der Waals surface area contributed by atoms with E-state index in [9.17, 15) is 14.5 Å². The number of nitrogens with zero attached hydrogens (tertiary/aromatic N) is 3. The first-order valence-electron chi connectivity index (χ1n) is 13.5. The summed E-state index contributed by atoms with van der Waals surface area (Å²) in [6.07, 6.45) is 0.551. The van der Waals surface area contributed by atoms with Crippen molar-refractivity contribution in [1.29, 1.82) is 0 Å². The summed E-state index contributed by atoms with van der Waals surface area (Å²) in [6.45, 7) is 5.52. The average molecular weight is 592 g/mol. The maximum absolute atomic E-state index is 16.0. The van der Waals surface area contributed by atoms with Gasteiger partial charge in [-0.15, -0.1) is 0 Å². The summed E-state index contributed by atoms with van der Waals surface area (Å²) >= 11 is 0. The second-order valence-corrected chi connectivity index (χ2v) is 12.5. The van der Waals surface area contributed by atoms with Gasteiger partial charge in [0.05, 0.1) is 24.7 Å². The van der Waals surface area contributed by atoms with Crippen LogP contribution in [-0.4, -0.2) is 68.3 Å². The summed E-state index contributed by atoms with van der Waals surface area (Å²) in [4.78, 5) is 21.2. The molecule has 1 aromatic carbocycles. The fourth-order valence-corrected chi connectivity index (χ4v) is 6.03. The molecule has 41 heavy (non-hydrogen) atoms. The molecule has 3 aromatic rings. The van der Waals surface area contributed by atoms with E-state index in [1.807, 2.05) is 6.07 Å². The van der Waals surface area contributed by atoms with Crippen molar-refractivity contribution in [3.8, 4) is 5.75 Å². The molecule has 1 aliphatic heterocycles. The van der Waals surface area contributed by atoms with Crippen molar-refractivity contribution in [1.82, 2.24) is 19.6 Å². The SMILES string of the molecule is CC(C)OC(=O)[C@@H](C)NP(=O)(OC[C@H]1O[C@@H](n2cnc3c(NC4CC4)ccnc32)[C@](C)(F)[C@@H]1O)Oc1ccccc1. The van der Waals surface area contributed by atoms with Crippen molar-refractivity contribution >= 4 is 30.6 Å². The minimum Gasteiger partial charge on any atom is -0.462 e. The zero-order chi connectivity index (χ0) is 29.4. The van der Waals surface area contributed by atoms with E-state index in [0.29, 0.717) is 17.2 Å². The molecule has 2 fully saturated rings. The third kappa shape index (κ3) is 6.54. The number of rotatable bonds is 12. The van der Waals surface area contributed by atoms with Crippen LogP contribution in [0.3, 0.4) is 0 Å². The summed E-state index contributed by atoms with van der Waals surface area (Å²) in [5.74, 6) is -0.454. The average Bonchev–Trinajstić information content (AvgIpc) is 3.58. The van der Waals surface area contributed by atoms with E-state index in [1.165, 1.54) is 24.7 Å². The summed E-state index contributed by atoms with van der Waals surface area (Å²) in [7, 11) is -4.25. The van der Waals surface area contributed by atoms with Crippen LogP contribution in [0, 0.1) is 0 Å². The molecule has 0 radical (unpaired) electrons. The van der Waals surface area contributed by atoms with Crippen LogP contribution in [0.15, 0.2) is 48.9 Å². The number of aliphatic hydroxyl groups excluding tert-OH is 1. The number of benzene rings is 1. The maximum atomic E-state index is 16.0. The van der Waals surface area contributed by atoms with Gasteiger partial charge in [0.1, 0.15) is 29.5 Å². The number of para-hydroxylation sites is 1. The van der Waals surface area contributed by atoms with Crippen molar-refractivity contribution in [3.05, 3.63) is 48.9 Å². The number of esters is 1. The van der Waals surface area contributed by atoms with E-state index < -0.39 is 56.6 Å². The van der Waals surface area contributed by atoms with Gasteiger partial charge in [-0.1, -0.05) is 18.2 Å². The normalized spacial score (nSPS) is 26.6. The monoisotopic (exact) mass is 591 g/mol. The van der Waals surface area contributed by atoms with Gasteiger partial charge in [0.25, 0.3) is 0 Å². The second-order valence-electron chi connectivity index (χ2n) is 10.8. The Kier molecular flexibility index (Phi) is 8.36. The molecule has 1 aliphatic carbocycles. The van der Waals surface area contributed by atoms with Crippen LogP contribution < -0.4 is 14.9 Å². The molecule has 5 rings (SSSR count). The number of fused-ring (bicyclic) bond motifs is 1. The highest BCUT2D eigenvalue weighted by atomic mass is 31.2. The van der Waals surface area contributed by atoms with Crippen LogP contribution in [-0.2, 0) is 23.4 Å². The molecule has 2 aromatic heterocycles. The molecule has 0 bridgehead atoms. The number of carbonyl (C=O) groups excluding carboxylic acids is 1. The van der Waals surface area contributed by atoms with Gasteiger partial charge in [-0.25, -0.2) is 18.9 Å². The number of nitrogens with one attached hydrogen (secondary N) is 2.